The van der Waals surface area contributed by atoms with Crippen LogP contribution in [0.4, 0.5) is 4.79 Å². The van der Waals surface area contributed by atoms with Crippen molar-refractivity contribution in [2.75, 3.05) is 19.6 Å². The molecule has 0 aliphatic carbocycles. The highest BCUT2D eigenvalue weighted by molar-refractivity contribution is 6.04. The molecule has 9 nitrogen and oxygen atoms in total. The molecule has 30 heavy (non-hydrogen) atoms. The van der Waals surface area contributed by atoms with E-state index in [1.807, 2.05) is 36.5 Å². The molecular formula is C21H21N5O4. The number of hydrogen-bond acceptors (Lipinski definition) is 4. The summed E-state index contributed by atoms with van der Waals surface area (Å²) in [5, 5.41) is 17.0. The zero-order valence-corrected chi connectivity index (χ0v) is 16.1. The van der Waals surface area contributed by atoms with Crippen LogP contribution in [0.15, 0.2) is 48.7 Å². The number of rotatable bonds is 6. The van der Waals surface area contributed by atoms with Gasteiger partial charge in [0.15, 0.2) is 0 Å². The van der Waals surface area contributed by atoms with Gasteiger partial charge in [-0.2, -0.15) is 5.10 Å². The molecule has 2 aromatic carbocycles. The predicted octanol–water partition coefficient (Wildman–Crippen LogP) is 1.39. The van der Waals surface area contributed by atoms with Crippen LogP contribution in [0.25, 0.3) is 16.6 Å². The summed E-state index contributed by atoms with van der Waals surface area (Å²) >= 11 is 0. The summed E-state index contributed by atoms with van der Waals surface area (Å²) in [6.07, 6.45) is 1.51. The highest BCUT2D eigenvalue weighted by Crippen LogP contribution is 2.20. The van der Waals surface area contributed by atoms with Crippen molar-refractivity contribution in [2.45, 2.75) is 6.42 Å². The van der Waals surface area contributed by atoms with Crippen molar-refractivity contribution in [3.8, 4) is 5.69 Å². The first-order valence-corrected chi connectivity index (χ1v) is 9.55. The number of primary amides is 1. The molecule has 1 fully saturated rings. The first-order valence-electron chi connectivity index (χ1n) is 9.55. The van der Waals surface area contributed by atoms with Crippen LogP contribution < -0.4 is 11.1 Å². The summed E-state index contributed by atoms with van der Waals surface area (Å²) in [6, 6.07) is 13.1. The topological polar surface area (TPSA) is 131 Å². The van der Waals surface area contributed by atoms with E-state index in [9.17, 15) is 14.4 Å². The van der Waals surface area contributed by atoms with Crippen molar-refractivity contribution in [2.24, 2.45) is 11.7 Å². The maximum atomic E-state index is 12.0. The number of benzene rings is 2. The Morgan fingerprint density at radius 2 is 1.87 bits per heavy atom. The van der Waals surface area contributed by atoms with Crippen molar-refractivity contribution in [1.82, 2.24) is 20.0 Å². The monoisotopic (exact) mass is 407 g/mol. The molecule has 3 amide bonds. The second kappa shape index (κ2) is 7.86. The fraction of sp³-hybridized carbons (Fsp3) is 0.238. The van der Waals surface area contributed by atoms with Gasteiger partial charge in [0.1, 0.15) is 5.52 Å². The van der Waals surface area contributed by atoms with Gasteiger partial charge in [-0.1, -0.05) is 24.3 Å². The van der Waals surface area contributed by atoms with Crippen molar-refractivity contribution in [3.05, 3.63) is 59.8 Å². The number of hydrogen-bond donors (Lipinski definition) is 3. The van der Waals surface area contributed by atoms with Gasteiger partial charge in [-0.3, -0.25) is 9.59 Å². The van der Waals surface area contributed by atoms with Crippen LogP contribution in [0, 0.1) is 5.92 Å². The van der Waals surface area contributed by atoms with Gasteiger partial charge >= 0.3 is 6.09 Å². The van der Waals surface area contributed by atoms with Gasteiger partial charge in [-0.25, -0.2) is 9.48 Å². The van der Waals surface area contributed by atoms with E-state index in [0.717, 1.165) is 16.6 Å². The Kier molecular flexibility index (Phi) is 5.09. The van der Waals surface area contributed by atoms with Gasteiger partial charge in [0.2, 0.25) is 5.91 Å². The number of nitrogens with one attached hydrogen (secondary N) is 1. The van der Waals surface area contributed by atoms with Gasteiger partial charge in [0.25, 0.3) is 5.91 Å². The van der Waals surface area contributed by atoms with Gasteiger partial charge < -0.3 is 21.1 Å². The van der Waals surface area contributed by atoms with E-state index in [0.29, 0.717) is 24.0 Å². The molecule has 2 heterocycles. The minimum absolute atomic E-state index is 0.113. The highest BCUT2D eigenvalue weighted by Gasteiger charge is 2.35. The van der Waals surface area contributed by atoms with Crippen LogP contribution in [-0.2, 0) is 11.2 Å². The highest BCUT2D eigenvalue weighted by atomic mass is 16.4. The lowest BCUT2D eigenvalue weighted by atomic mass is 10.00. The normalized spacial score (nSPS) is 13.8. The number of carboxylic acid groups (broad SMARTS) is 1. The van der Waals surface area contributed by atoms with Gasteiger partial charge in [-0.15, -0.1) is 0 Å². The smallest absolute Gasteiger partial charge is 0.407 e. The summed E-state index contributed by atoms with van der Waals surface area (Å²) < 4.78 is 1.70. The number of amides is 3. The summed E-state index contributed by atoms with van der Waals surface area (Å²) in [5.74, 6) is -0.888. The van der Waals surface area contributed by atoms with Gasteiger partial charge in [-0.05, 0) is 30.2 Å². The molecule has 0 spiro atoms. The number of carbonyl (C=O) groups excluding carboxylic acids is 2. The van der Waals surface area contributed by atoms with E-state index in [1.54, 1.807) is 16.8 Å². The molecule has 3 aromatic rings. The number of nitrogens with zero attached hydrogens (tertiary/aromatic N) is 3. The SMILES string of the molecule is NC(=O)c1cccc2cn(-c3ccc(CCNC(=O)C4CN(C(=O)O)C4)cc3)nc12. The largest absolute Gasteiger partial charge is 0.465 e. The van der Waals surface area contributed by atoms with Crippen molar-refractivity contribution < 1.29 is 19.5 Å². The molecule has 4 rings (SSSR count). The molecule has 1 aliphatic rings. The van der Waals surface area contributed by atoms with Crippen molar-refractivity contribution in [3.63, 3.8) is 0 Å². The number of nitrogens with two attached hydrogens (primary N) is 1. The van der Waals surface area contributed by atoms with Crippen molar-refractivity contribution >= 4 is 28.8 Å². The Morgan fingerprint density at radius 3 is 2.53 bits per heavy atom. The number of aromatic nitrogens is 2. The maximum absolute atomic E-state index is 12.0. The minimum Gasteiger partial charge on any atom is -0.465 e. The summed E-state index contributed by atoms with van der Waals surface area (Å²) in [7, 11) is 0. The Labute approximate surface area is 172 Å². The standard InChI is InChI=1S/C21H21N5O4/c22-19(27)17-3-1-2-14-12-26(24-18(14)17)16-6-4-13(5-7-16)8-9-23-20(28)15-10-25(11-15)21(29)30/h1-7,12,15H,8-11H2,(H2,22,27)(H,23,28)(H,29,30). The van der Waals surface area contributed by atoms with Crippen molar-refractivity contribution in [1.29, 1.82) is 0 Å². The van der Waals surface area contributed by atoms with E-state index < -0.39 is 12.0 Å². The Hall–Kier alpha value is -3.88. The van der Waals surface area contributed by atoms with Crippen LogP contribution in [0.1, 0.15) is 15.9 Å². The van der Waals surface area contributed by atoms with E-state index in [4.69, 9.17) is 10.8 Å². The van der Waals surface area contributed by atoms with E-state index in [1.165, 1.54) is 4.90 Å². The van der Waals surface area contributed by atoms with Crippen LogP contribution >= 0.6 is 0 Å². The summed E-state index contributed by atoms with van der Waals surface area (Å²) in [6.45, 7) is 0.993. The molecule has 0 saturated carbocycles. The average Bonchev–Trinajstić information content (AvgIpc) is 3.11. The maximum Gasteiger partial charge on any atom is 0.407 e. The third kappa shape index (κ3) is 3.82. The molecule has 0 radical (unpaired) electrons. The Bertz CT molecular complexity index is 1120. The number of fused-ring (bicyclic) bond motifs is 1. The third-order valence-electron chi connectivity index (χ3n) is 5.24. The van der Waals surface area contributed by atoms with Crippen LogP contribution in [-0.4, -0.2) is 57.3 Å². The molecule has 4 N–H and O–H groups in total. The second-order valence-electron chi connectivity index (χ2n) is 7.27. The molecule has 9 heteroatoms. The zero-order valence-electron chi connectivity index (χ0n) is 16.1. The third-order valence-corrected chi connectivity index (χ3v) is 5.24. The number of likely N-dealkylation sites (tertiary alicyclic amines) is 1. The molecule has 1 aliphatic heterocycles. The zero-order chi connectivity index (χ0) is 21.3. The van der Waals surface area contributed by atoms with E-state index in [-0.39, 0.29) is 24.9 Å². The van der Waals surface area contributed by atoms with Gasteiger partial charge in [0.05, 0.1) is 17.2 Å². The average molecular weight is 407 g/mol. The molecular weight excluding hydrogens is 386 g/mol. The lowest BCUT2D eigenvalue weighted by molar-refractivity contribution is -0.129. The lowest BCUT2D eigenvalue weighted by Crippen LogP contribution is -2.55. The minimum atomic E-state index is -0.991. The molecule has 1 aromatic heterocycles. The first kappa shape index (κ1) is 19.4. The lowest BCUT2D eigenvalue weighted by Gasteiger charge is -2.35. The van der Waals surface area contributed by atoms with E-state index >= 15 is 0 Å². The quantitative estimate of drug-likeness (QED) is 0.568. The fourth-order valence-corrected chi connectivity index (χ4v) is 3.47. The summed E-state index contributed by atoms with van der Waals surface area (Å²) in [4.78, 5) is 35.5. The molecule has 0 unspecified atom stereocenters. The molecule has 1 saturated heterocycles. The Morgan fingerprint density at radius 1 is 1.13 bits per heavy atom. The second-order valence-corrected chi connectivity index (χ2v) is 7.27. The van der Waals surface area contributed by atoms with Gasteiger partial charge in [0, 0.05) is 31.2 Å². The van der Waals surface area contributed by atoms with Crippen LogP contribution in [0.5, 0.6) is 0 Å². The van der Waals surface area contributed by atoms with Crippen LogP contribution in [0.3, 0.4) is 0 Å². The fourth-order valence-electron chi connectivity index (χ4n) is 3.47. The summed E-state index contributed by atoms with van der Waals surface area (Å²) in [5.41, 5.74) is 8.27. The Balaban J connectivity index is 1.35. The molecule has 0 bridgehead atoms. The van der Waals surface area contributed by atoms with Crippen LogP contribution in [0.2, 0.25) is 0 Å². The molecule has 154 valence electrons. The number of carbonyl (C=O) groups is 3. The first-order chi connectivity index (χ1) is 14.4. The predicted molar refractivity (Wildman–Crippen MR) is 109 cm³/mol. The van der Waals surface area contributed by atoms with E-state index in [2.05, 4.69) is 10.4 Å². The molecule has 0 atom stereocenters.